The van der Waals surface area contributed by atoms with Gasteiger partial charge in [-0.25, -0.2) is 42.1 Å². The number of carbonyl (C=O) groups excluding carboxylic acids is 1. The quantitative estimate of drug-likeness (QED) is 0.0402. The van der Waals surface area contributed by atoms with Crippen molar-refractivity contribution in [2.24, 2.45) is 5.10 Å². The maximum absolute atomic E-state index is 13.6. The minimum absolute atomic E-state index is 0. The molecule has 5 aromatic rings. The first kappa shape index (κ1) is 58.6. The number of benzene rings is 4. The molecule has 0 radical (unpaired) electrons. The van der Waals surface area contributed by atoms with E-state index < -0.39 is 106 Å². The largest absolute Gasteiger partial charge is 1.00 e. The monoisotopic (exact) mass is 1030 g/mol. The van der Waals surface area contributed by atoms with Gasteiger partial charge in [0.2, 0.25) is 33.4 Å². The number of hydrogen-bond acceptors (Lipinski definition) is 23. The number of rotatable bonds is 14. The number of ketones is 1. The van der Waals surface area contributed by atoms with Crippen LogP contribution >= 0.6 is 11.6 Å². The van der Waals surface area contributed by atoms with Crippen LogP contribution in [0.1, 0.15) is 15.9 Å². The van der Waals surface area contributed by atoms with Crippen LogP contribution in [0.15, 0.2) is 97.5 Å². The number of aromatic nitrogens is 3. The Hall–Kier alpha value is -1.53. The van der Waals surface area contributed by atoms with Gasteiger partial charge in [-0.2, -0.15) is 20.1 Å². The molecule has 64 heavy (non-hydrogen) atoms. The predicted octanol–water partition coefficient (Wildman–Crippen LogP) is -10.2. The van der Waals surface area contributed by atoms with Crippen LogP contribution in [-0.2, 0) is 54.8 Å². The van der Waals surface area contributed by atoms with Gasteiger partial charge in [0.1, 0.15) is 36.1 Å². The molecule has 1 heterocycles. The van der Waals surface area contributed by atoms with Crippen LogP contribution in [0.5, 0.6) is 0 Å². The summed E-state index contributed by atoms with van der Waals surface area (Å²) in [4.78, 5) is 22.2. The fraction of sp³-hybridized carbons (Fsp3) is 0.0645. The molecule has 0 spiro atoms. The zero-order valence-electron chi connectivity index (χ0n) is 33.2. The number of halogens is 1. The van der Waals surface area contributed by atoms with Crippen molar-refractivity contribution >= 4 is 119 Å². The summed E-state index contributed by atoms with van der Waals surface area (Å²) in [5.41, 5.74) is 0.427. The summed E-state index contributed by atoms with van der Waals surface area (Å²) in [6.07, 6.45) is 0.789. The predicted molar refractivity (Wildman–Crippen MR) is 205 cm³/mol. The molecule has 1 aliphatic rings. The Labute approximate surface area is 458 Å². The summed E-state index contributed by atoms with van der Waals surface area (Å²) in [5, 5.41) is 7.88. The van der Waals surface area contributed by atoms with Crippen molar-refractivity contribution in [3.63, 3.8) is 0 Å². The van der Waals surface area contributed by atoms with E-state index in [9.17, 15) is 65.1 Å². The second-order valence-electron chi connectivity index (χ2n) is 11.9. The molecule has 6 rings (SSSR count). The summed E-state index contributed by atoms with van der Waals surface area (Å²) >= 11 is 6.07. The molecule has 33 heteroatoms. The minimum atomic E-state index is -5.50. The van der Waals surface area contributed by atoms with E-state index in [1.165, 1.54) is 30.3 Å². The molecule has 0 saturated carbocycles. The molecule has 0 bridgehead atoms. The van der Waals surface area contributed by atoms with Crippen LogP contribution in [0.4, 0.5) is 29.0 Å². The smallest absolute Gasteiger partial charge is 0.744 e. The van der Waals surface area contributed by atoms with Gasteiger partial charge < -0.3 is 28.8 Å². The minimum Gasteiger partial charge on any atom is -0.744 e. The summed E-state index contributed by atoms with van der Waals surface area (Å²) in [6, 6.07) is 13.4. The van der Waals surface area contributed by atoms with E-state index in [2.05, 4.69) is 40.3 Å². The number of Topliss-reactive ketones (excluding diaryl/α,β-unsaturated/α-hetero) is 1. The fourth-order valence-corrected chi connectivity index (χ4v) is 9.35. The van der Waals surface area contributed by atoms with Gasteiger partial charge in [-0.05, 0) is 77.8 Å². The third-order valence-corrected chi connectivity index (χ3v) is 13.0. The second kappa shape index (κ2) is 22.7. The SMILES string of the molecule is O=C1/C(=N/Nc2ccc3c(S(=O)(=O)[O-])cccc3c2S(=O)(=O)[O-])C(S(=O)(=O)[O-])=Cc2cc(Nc3nc(Cl)nc(Nc4ccc(S(=O)(=O)CCOS(=O)(=O)[O-])cc4)n3)ccc21.[Na+].[Na+].[Na+].[Na+]. The first-order valence-electron chi connectivity index (χ1n) is 15.9. The van der Waals surface area contributed by atoms with Crippen LogP contribution in [0.25, 0.3) is 16.8 Å². The molecular formula is C31H20ClN7Na4O16S5. The van der Waals surface area contributed by atoms with Crippen molar-refractivity contribution in [2.75, 3.05) is 28.4 Å². The normalized spacial score (nSPS) is 13.5. The number of nitrogens with one attached hydrogen (secondary N) is 3. The average molecular weight is 1030 g/mol. The molecule has 0 amide bonds. The van der Waals surface area contributed by atoms with Crippen molar-refractivity contribution in [2.45, 2.75) is 14.7 Å². The molecule has 0 atom stereocenters. The molecule has 4 aromatic carbocycles. The van der Waals surface area contributed by atoms with Crippen molar-refractivity contribution in [1.82, 2.24) is 15.0 Å². The van der Waals surface area contributed by atoms with Crippen molar-refractivity contribution < 1.29 is 188 Å². The van der Waals surface area contributed by atoms with E-state index in [4.69, 9.17) is 11.6 Å². The zero-order valence-corrected chi connectivity index (χ0v) is 46.0. The number of nitrogens with zero attached hydrogens (tertiary/aromatic N) is 4. The molecule has 1 aliphatic carbocycles. The Kier molecular flexibility index (Phi) is 20.8. The van der Waals surface area contributed by atoms with E-state index in [1.807, 2.05) is 0 Å². The first-order valence-corrected chi connectivity index (χ1v) is 23.5. The van der Waals surface area contributed by atoms with Crippen molar-refractivity contribution in [3.05, 3.63) is 94.1 Å². The van der Waals surface area contributed by atoms with E-state index in [-0.39, 0.29) is 163 Å². The van der Waals surface area contributed by atoms with Gasteiger partial charge in [0.25, 0.3) is 0 Å². The zero-order chi connectivity index (χ0) is 44.0. The van der Waals surface area contributed by atoms with Gasteiger partial charge in [-0.1, -0.05) is 18.2 Å². The Balaban J connectivity index is 0.00000352. The fourth-order valence-electron chi connectivity index (χ4n) is 5.53. The maximum atomic E-state index is 13.6. The summed E-state index contributed by atoms with van der Waals surface area (Å²) in [7, 11) is -25.3. The van der Waals surface area contributed by atoms with Crippen LogP contribution in [0.2, 0.25) is 5.28 Å². The van der Waals surface area contributed by atoms with E-state index in [0.29, 0.717) is 0 Å². The molecular weight excluding hydrogens is 1010 g/mol. The number of sulfone groups is 1. The van der Waals surface area contributed by atoms with Crippen molar-refractivity contribution in [1.29, 1.82) is 0 Å². The van der Waals surface area contributed by atoms with Crippen molar-refractivity contribution in [3.8, 4) is 0 Å². The third-order valence-electron chi connectivity index (χ3n) is 7.99. The molecule has 23 nitrogen and oxygen atoms in total. The van der Waals surface area contributed by atoms with E-state index in [1.54, 1.807) is 0 Å². The number of fused-ring (bicyclic) bond motifs is 2. The first-order chi connectivity index (χ1) is 27.8. The van der Waals surface area contributed by atoms with Gasteiger partial charge in [0.05, 0.1) is 37.6 Å². The third kappa shape index (κ3) is 14.5. The van der Waals surface area contributed by atoms with Crippen LogP contribution in [0.3, 0.4) is 0 Å². The van der Waals surface area contributed by atoms with Gasteiger partial charge in [-0.15, -0.1) is 0 Å². The number of anilines is 5. The van der Waals surface area contributed by atoms with E-state index >= 15 is 0 Å². The summed E-state index contributed by atoms with van der Waals surface area (Å²) < 4.78 is 170. The van der Waals surface area contributed by atoms with Gasteiger partial charge in [0.15, 0.2) is 9.84 Å². The Bertz CT molecular complexity index is 3280. The van der Waals surface area contributed by atoms with Crippen LogP contribution < -0.4 is 134 Å². The molecule has 0 unspecified atom stereocenters. The molecule has 0 saturated heterocycles. The molecule has 1 aromatic heterocycles. The standard InChI is InChI=1S/C31H24ClN7O16S5.4Na/c32-29-35-30(33-17-4-7-19(8-5-17)56(41,42)13-12-55-60(52,53)54)37-31(36-29)34-18-6-9-20-16(14-18)15-25(58(46,47)48)26(27(20)40)39-38-23-11-10-21-22(28(23)59(49,50)51)2-1-3-24(21)57(43,44)45;;;;/h1-11,14-15,38H,12-13H2,(H,43,44,45)(H,46,47,48)(H,49,50,51)(H,52,53,54)(H2,33,34,35,36,37);;;;/q;4*+1/p-4/b39-26+;;;;. The van der Waals surface area contributed by atoms with E-state index in [0.717, 1.165) is 48.5 Å². The Morgan fingerprint density at radius 2 is 1.27 bits per heavy atom. The van der Waals surface area contributed by atoms with Gasteiger partial charge >= 0.3 is 118 Å². The van der Waals surface area contributed by atoms with Crippen LogP contribution in [-0.4, -0.2) is 99.1 Å². The number of allylic oxidation sites excluding steroid dienone is 1. The molecule has 0 aliphatic heterocycles. The molecule has 3 N–H and O–H groups in total. The topological polar surface area (TPSA) is 376 Å². The van der Waals surface area contributed by atoms with Gasteiger partial charge in [0, 0.05) is 27.7 Å². The maximum Gasteiger partial charge on any atom is 1.00 e. The van der Waals surface area contributed by atoms with Gasteiger partial charge in [-0.3, -0.25) is 14.4 Å². The number of carbonyl (C=O) groups is 1. The summed E-state index contributed by atoms with van der Waals surface area (Å²) in [6.45, 7) is -0.893. The number of hydrazone groups is 1. The molecule has 0 fully saturated rings. The average Bonchev–Trinajstić information content (AvgIpc) is 3.12. The summed E-state index contributed by atoms with van der Waals surface area (Å²) in [5.74, 6) is -2.33. The molecule has 316 valence electrons. The van der Waals surface area contributed by atoms with Crippen LogP contribution in [0, 0.1) is 0 Å². The number of hydrogen-bond donors (Lipinski definition) is 3. The second-order valence-corrected chi connectivity index (χ2v) is 19.5. The Morgan fingerprint density at radius 3 is 1.83 bits per heavy atom. The Morgan fingerprint density at radius 1 is 0.672 bits per heavy atom.